The van der Waals surface area contributed by atoms with Gasteiger partial charge in [0.25, 0.3) is 5.91 Å². The quantitative estimate of drug-likeness (QED) is 0.746. The first-order valence-electron chi connectivity index (χ1n) is 8.89. The lowest BCUT2D eigenvalue weighted by atomic mass is 9.91. The molecule has 2 aromatic carbocycles. The molecule has 4 rings (SSSR count). The van der Waals surface area contributed by atoms with Crippen molar-refractivity contribution in [2.75, 3.05) is 25.8 Å². The van der Waals surface area contributed by atoms with Gasteiger partial charge in [-0.1, -0.05) is 18.2 Å². The summed E-state index contributed by atoms with van der Waals surface area (Å²) in [4.78, 5) is 38.8. The molecule has 0 aromatic heterocycles. The minimum Gasteiger partial charge on any atom is -0.495 e. The Kier molecular flexibility index (Phi) is 4.50. The second-order valence-corrected chi connectivity index (χ2v) is 6.76. The SMILES string of the molecule is COc1ccccc1NC(=O)CN1C(=O)N[C@](C)(c2ccc3c(c2)OCO3)C1=O. The molecule has 29 heavy (non-hydrogen) atoms. The Morgan fingerprint density at radius 1 is 1.21 bits per heavy atom. The molecule has 2 aliphatic heterocycles. The Hall–Kier alpha value is -3.75. The first kappa shape index (κ1) is 18.6. The molecule has 9 nitrogen and oxygen atoms in total. The van der Waals surface area contributed by atoms with E-state index >= 15 is 0 Å². The normalized spacial score (nSPS) is 19.9. The van der Waals surface area contributed by atoms with Crippen LogP contribution in [0.5, 0.6) is 17.2 Å². The Morgan fingerprint density at radius 3 is 2.76 bits per heavy atom. The fraction of sp³-hybridized carbons (Fsp3) is 0.250. The number of methoxy groups -OCH3 is 1. The van der Waals surface area contributed by atoms with Gasteiger partial charge in [0.2, 0.25) is 12.7 Å². The largest absolute Gasteiger partial charge is 0.495 e. The maximum Gasteiger partial charge on any atom is 0.325 e. The first-order valence-corrected chi connectivity index (χ1v) is 8.89. The van der Waals surface area contributed by atoms with Gasteiger partial charge < -0.3 is 24.8 Å². The van der Waals surface area contributed by atoms with Gasteiger partial charge in [-0.15, -0.1) is 0 Å². The van der Waals surface area contributed by atoms with Crippen molar-refractivity contribution in [3.05, 3.63) is 48.0 Å². The summed E-state index contributed by atoms with van der Waals surface area (Å²) < 4.78 is 15.8. The van der Waals surface area contributed by atoms with Crippen molar-refractivity contribution in [2.45, 2.75) is 12.5 Å². The number of amides is 4. The number of carbonyl (C=O) groups excluding carboxylic acids is 3. The number of urea groups is 1. The van der Waals surface area contributed by atoms with E-state index in [1.54, 1.807) is 49.4 Å². The number of benzene rings is 2. The summed E-state index contributed by atoms with van der Waals surface area (Å²) in [7, 11) is 1.49. The number of rotatable bonds is 5. The highest BCUT2D eigenvalue weighted by Crippen LogP contribution is 2.37. The van der Waals surface area contributed by atoms with E-state index in [-0.39, 0.29) is 6.79 Å². The molecule has 9 heteroatoms. The third-order valence-corrected chi connectivity index (χ3v) is 4.91. The maximum absolute atomic E-state index is 13.0. The van der Waals surface area contributed by atoms with Crippen LogP contribution in [0.1, 0.15) is 12.5 Å². The van der Waals surface area contributed by atoms with Crippen LogP contribution in [-0.2, 0) is 15.1 Å². The van der Waals surface area contributed by atoms with Gasteiger partial charge in [0, 0.05) is 0 Å². The van der Waals surface area contributed by atoms with E-state index in [1.807, 2.05) is 0 Å². The van der Waals surface area contributed by atoms with E-state index in [9.17, 15) is 14.4 Å². The van der Waals surface area contributed by atoms with Crippen molar-refractivity contribution in [1.82, 2.24) is 10.2 Å². The lowest BCUT2D eigenvalue weighted by Crippen LogP contribution is -2.42. The van der Waals surface area contributed by atoms with Gasteiger partial charge in [0.1, 0.15) is 17.8 Å². The molecule has 0 unspecified atom stereocenters. The molecular formula is C20H19N3O6. The first-order chi connectivity index (χ1) is 13.9. The van der Waals surface area contributed by atoms with Crippen molar-refractivity contribution in [2.24, 2.45) is 0 Å². The number of ether oxygens (including phenoxy) is 3. The molecule has 2 aromatic rings. The molecule has 1 fully saturated rings. The number of fused-ring (bicyclic) bond motifs is 1. The zero-order valence-electron chi connectivity index (χ0n) is 15.9. The number of hydrogen-bond acceptors (Lipinski definition) is 6. The molecule has 2 aliphatic rings. The van der Waals surface area contributed by atoms with Crippen LogP contribution in [0.15, 0.2) is 42.5 Å². The van der Waals surface area contributed by atoms with Gasteiger partial charge in [0.15, 0.2) is 11.5 Å². The predicted octanol–water partition coefficient (Wildman–Crippen LogP) is 1.83. The topological polar surface area (TPSA) is 106 Å². The average Bonchev–Trinajstić information content (AvgIpc) is 3.27. The second kappa shape index (κ2) is 7.01. The number of hydrogen-bond donors (Lipinski definition) is 2. The molecule has 0 aliphatic carbocycles. The highest BCUT2D eigenvalue weighted by atomic mass is 16.7. The van der Waals surface area contributed by atoms with Crippen molar-refractivity contribution in [3.63, 3.8) is 0 Å². The number of para-hydroxylation sites is 2. The van der Waals surface area contributed by atoms with Gasteiger partial charge in [-0.05, 0) is 36.8 Å². The Balaban J connectivity index is 1.51. The highest BCUT2D eigenvalue weighted by Gasteiger charge is 2.49. The molecular weight excluding hydrogens is 378 g/mol. The van der Waals surface area contributed by atoms with Crippen LogP contribution in [0.25, 0.3) is 0 Å². The van der Waals surface area contributed by atoms with E-state index < -0.39 is 29.9 Å². The van der Waals surface area contributed by atoms with Crippen LogP contribution in [0.4, 0.5) is 10.5 Å². The van der Waals surface area contributed by atoms with Crippen molar-refractivity contribution >= 4 is 23.5 Å². The lowest BCUT2D eigenvalue weighted by molar-refractivity contribution is -0.133. The molecule has 2 heterocycles. The van der Waals surface area contributed by atoms with Crippen LogP contribution < -0.4 is 24.8 Å². The van der Waals surface area contributed by atoms with Crippen molar-refractivity contribution in [3.8, 4) is 17.2 Å². The third-order valence-electron chi connectivity index (χ3n) is 4.91. The Morgan fingerprint density at radius 2 is 1.97 bits per heavy atom. The van der Waals surface area contributed by atoms with Crippen LogP contribution in [-0.4, -0.2) is 43.2 Å². The fourth-order valence-corrected chi connectivity index (χ4v) is 3.33. The summed E-state index contributed by atoms with van der Waals surface area (Å²) in [5.74, 6) is 0.494. The van der Waals surface area contributed by atoms with Crippen LogP contribution in [0, 0.1) is 0 Å². The number of anilines is 1. The monoisotopic (exact) mass is 397 g/mol. The van der Waals surface area contributed by atoms with Crippen LogP contribution in [0.2, 0.25) is 0 Å². The zero-order chi connectivity index (χ0) is 20.6. The minimum absolute atomic E-state index is 0.102. The van der Waals surface area contributed by atoms with Gasteiger partial charge in [0.05, 0.1) is 12.8 Å². The Bertz CT molecular complexity index is 1010. The maximum atomic E-state index is 13.0. The smallest absolute Gasteiger partial charge is 0.325 e. The summed E-state index contributed by atoms with van der Waals surface area (Å²) in [5.41, 5.74) is -0.332. The third kappa shape index (κ3) is 3.20. The van der Waals surface area contributed by atoms with E-state index in [0.29, 0.717) is 28.5 Å². The predicted molar refractivity (Wildman–Crippen MR) is 102 cm³/mol. The van der Waals surface area contributed by atoms with Gasteiger partial charge >= 0.3 is 6.03 Å². The van der Waals surface area contributed by atoms with Gasteiger partial charge in [-0.2, -0.15) is 0 Å². The summed E-state index contributed by atoms with van der Waals surface area (Å²) in [6, 6.07) is 11.2. The van der Waals surface area contributed by atoms with Crippen molar-refractivity contribution in [1.29, 1.82) is 0 Å². The van der Waals surface area contributed by atoms with E-state index in [4.69, 9.17) is 14.2 Å². The summed E-state index contributed by atoms with van der Waals surface area (Å²) >= 11 is 0. The van der Waals surface area contributed by atoms with Crippen LogP contribution >= 0.6 is 0 Å². The molecule has 2 N–H and O–H groups in total. The molecule has 150 valence electrons. The molecule has 0 spiro atoms. The minimum atomic E-state index is -1.32. The van der Waals surface area contributed by atoms with Crippen LogP contribution in [0.3, 0.4) is 0 Å². The second-order valence-electron chi connectivity index (χ2n) is 6.76. The molecule has 1 atom stereocenters. The molecule has 1 saturated heterocycles. The fourth-order valence-electron chi connectivity index (χ4n) is 3.33. The van der Waals surface area contributed by atoms with Gasteiger partial charge in [-0.25, -0.2) is 4.79 Å². The molecule has 0 bridgehead atoms. The number of carbonyl (C=O) groups is 3. The van der Waals surface area contributed by atoms with Gasteiger partial charge in [-0.3, -0.25) is 14.5 Å². The summed E-state index contributed by atoms with van der Waals surface area (Å²) in [6.45, 7) is 1.26. The summed E-state index contributed by atoms with van der Waals surface area (Å²) in [6.07, 6.45) is 0. The number of nitrogens with zero attached hydrogens (tertiary/aromatic N) is 1. The molecule has 0 saturated carbocycles. The molecule has 4 amide bonds. The zero-order valence-corrected chi connectivity index (χ0v) is 15.9. The highest BCUT2D eigenvalue weighted by molar-refractivity contribution is 6.10. The number of nitrogens with one attached hydrogen (secondary N) is 2. The number of imide groups is 1. The standard InChI is InChI=1S/C20H19N3O6/c1-20(12-7-8-15-16(9-12)29-11-28-15)18(25)23(19(26)22-20)10-17(24)21-13-5-3-4-6-14(13)27-2/h3-9H,10-11H2,1-2H3,(H,21,24)(H,22,26)/t20-/m1/s1. The van der Waals surface area contributed by atoms with Crippen molar-refractivity contribution < 1.29 is 28.6 Å². The van der Waals surface area contributed by atoms with E-state index in [0.717, 1.165) is 4.90 Å². The summed E-state index contributed by atoms with van der Waals surface area (Å²) in [5, 5.41) is 5.32. The average molecular weight is 397 g/mol. The van der Waals surface area contributed by atoms with E-state index in [2.05, 4.69) is 10.6 Å². The van der Waals surface area contributed by atoms with E-state index in [1.165, 1.54) is 7.11 Å². The Labute approximate surface area is 166 Å². The molecule has 0 radical (unpaired) electrons. The lowest BCUT2D eigenvalue weighted by Gasteiger charge is -2.22.